The summed E-state index contributed by atoms with van der Waals surface area (Å²) in [5.41, 5.74) is 4.79. The largest absolute Gasteiger partial charge is 0.489 e. The number of hydrogen-bond donors (Lipinski definition) is 1. The zero-order valence-corrected chi connectivity index (χ0v) is 19.0. The lowest BCUT2D eigenvalue weighted by molar-refractivity contribution is -0.0556. The average molecular weight is 406 g/mol. The number of anilines is 1. The van der Waals surface area contributed by atoms with E-state index in [1.54, 1.807) is 0 Å². The van der Waals surface area contributed by atoms with Gasteiger partial charge in [0.05, 0.1) is 40.0 Å². The van der Waals surface area contributed by atoms with Gasteiger partial charge in [-0.3, -0.25) is 4.98 Å². The highest BCUT2D eigenvalue weighted by molar-refractivity contribution is 7.11. The van der Waals surface area contributed by atoms with Crippen LogP contribution in [0.15, 0.2) is 12.3 Å². The van der Waals surface area contributed by atoms with Gasteiger partial charge < -0.3 is 24.4 Å². The molecule has 9 heteroatoms. The molecule has 0 aliphatic carbocycles. The van der Waals surface area contributed by atoms with Gasteiger partial charge in [-0.05, 0) is 54.4 Å². The molecule has 3 atom stereocenters. The van der Waals surface area contributed by atoms with Gasteiger partial charge in [0.1, 0.15) is 5.82 Å². The van der Waals surface area contributed by atoms with E-state index in [0.717, 1.165) is 0 Å². The maximum absolute atomic E-state index is 13.4. The van der Waals surface area contributed by atoms with Gasteiger partial charge in [0, 0.05) is 12.0 Å². The Morgan fingerprint density at radius 3 is 1.90 bits per heavy atom. The van der Waals surface area contributed by atoms with Crippen LogP contribution in [0, 0.1) is 11.7 Å². The Labute approximate surface area is 174 Å². The lowest BCUT2D eigenvalue weighted by Gasteiger charge is -2.43. The van der Waals surface area contributed by atoms with Crippen molar-refractivity contribution in [1.82, 2.24) is 4.98 Å². The lowest BCUT2D eigenvalue weighted by Crippen LogP contribution is -2.51. The maximum atomic E-state index is 13.4. The van der Waals surface area contributed by atoms with Crippen molar-refractivity contribution in [3.05, 3.63) is 23.8 Å². The molecule has 3 unspecified atom stereocenters. The van der Waals surface area contributed by atoms with Gasteiger partial charge in [-0.2, -0.15) is 0 Å². The number of pyridine rings is 1. The van der Waals surface area contributed by atoms with Crippen LogP contribution in [-0.4, -0.2) is 41.4 Å². The standard InChI is InChI=1S/C20H33B2FN2O4/c1-12(16-15(24)10-14(23)11-25-16)13(2)20(9)19(7,8)28-22(29-20)21-26-17(3,4)18(5,6)27-21/h10-13H,24H2,1-9H3. The zero-order valence-electron chi connectivity index (χ0n) is 19.0. The van der Waals surface area contributed by atoms with Crippen LogP contribution >= 0.6 is 0 Å². The molecular formula is C20H33B2FN2O4. The maximum Gasteiger partial charge on any atom is 0.489 e. The van der Waals surface area contributed by atoms with Gasteiger partial charge in [0.15, 0.2) is 0 Å². The van der Waals surface area contributed by atoms with Crippen molar-refractivity contribution >= 4 is 19.7 Å². The molecule has 2 aliphatic rings. The highest BCUT2D eigenvalue weighted by Gasteiger charge is 2.66. The van der Waals surface area contributed by atoms with E-state index in [1.165, 1.54) is 12.3 Å². The van der Waals surface area contributed by atoms with E-state index in [4.69, 9.17) is 24.4 Å². The Bertz CT molecular complexity index is 776. The summed E-state index contributed by atoms with van der Waals surface area (Å²) in [5, 5.41) is 0. The SMILES string of the molecule is CC(c1ncc(F)cc1N)C(C)C1(C)OB(B2OC(C)(C)C(C)(C)O2)OC1(C)C. The summed E-state index contributed by atoms with van der Waals surface area (Å²) in [6, 6.07) is 1.30. The summed E-state index contributed by atoms with van der Waals surface area (Å²) < 4.78 is 38.5. The number of halogens is 1. The fourth-order valence-electron chi connectivity index (χ4n) is 4.14. The van der Waals surface area contributed by atoms with Crippen molar-refractivity contribution in [2.45, 2.75) is 90.6 Å². The van der Waals surface area contributed by atoms with E-state index in [0.29, 0.717) is 11.4 Å². The lowest BCUT2D eigenvalue weighted by atomic mass is 9.49. The van der Waals surface area contributed by atoms with Gasteiger partial charge in [-0.1, -0.05) is 13.8 Å². The Hall–Kier alpha value is -1.15. The van der Waals surface area contributed by atoms with E-state index >= 15 is 0 Å². The van der Waals surface area contributed by atoms with Crippen molar-refractivity contribution in [1.29, 1.82) is 0 Å². The number of hydrogen-bond acceptors (Lipinski definition) is 6. The second-order valence-corrected chi connectivity index (χ2v) is 10.1. The zero-order chi connectivity index (χ0) is 22.0. The predicted molar refractivity (Wildman–Crippen MR) is 113 cm³/mol. The number of nitrogen functional groups attached to an aromatic ring is 1. The predicted octanol–water partition coefficient (Wildman–Crippen LogP) is 3.79. The number of rotatable bonds is 4. The van der Waals surface area contributed by atoms with E-state index < -0.39 is 42.2 Å². The molecule has 0 aromatic carbocycles. The molecule has 0 spiro atoms. The molecule has 160 valence electrons. The van der Waals surface area contributed by atoms with Crippen molar-refractivity contribution in [2.24, 2.45) is 5.92 Å². The minimum absolute atomic E-state index is 0.0369. The smallest absolute Gasteiger partial charge is 0.405 e. The van der Waals surface area contributed by atoms with Crippen LogP contribution in [0.5, 0.6) is 0 Å². The van der Waals surface area contributed by atoms with E-state index in [1.807, 2.05) is 55.4 Å². The van der Waals surface area contributed by atoms with Gasteiger partial charge in [-0.25, -0.2) is 4.39 Å². The van der Waals surface area contributed by atoms with Crippen LogP contribution in [0.4, 0.5) is 10.1 Å². The van der Waals surface area contributed by atoms with Crippen LogP contribution in [0.2, 0.25) is 0 Å². The van der Waals surface area contributed by atoms with Crippen LogP contribution in [-0.2, 0) is 18.6 Å². The molecule has 29 heavy (non-hydrogen) atoms. The quantitative estimate of drug-likeness (QED) is 0.768. The fraction of sp³-hybridized carbons (Fsp3) is 0.750. The van der Waals surface area contributed by atoms with Gasteiger partial charge in [0.25, 0.3) is 0 Å². The average Bonchev–Trinajstić information content (AvgIpc) is 2.95. The minimum Gasteiger partial charge on any atom is -0.405 e. The molecule has 0 radical (unpaired) electrons. The van der Waals surface area contributed by atoms with Crippen molar-refractivity contribution in [2.75, 3.05) is 5.73 Å². The summed E-state index contributed by atoms with van der Waals surface area (Å²) in [4.78, 5) is 4.24. The van der Waals surface area contributed by atoms with Crippen LogP contribution in [0.25, 0.3) is 0 Å². The highest BCUT2D eigenvalue weighted by Crippen LogP contribution is 2.49. The molecule has 0 amide bonds. The first-order valence-electron chi connectivity index (χ1n) is 10.2. The summed E-state index contributed by atoms with van der Waals surface area (Å²) in [5.74, 6) is -0.565. The Morgan fingerprint density at radius 2 is 1.38 bits per heavy atom. The summed E-state index contributed by atoms with van der Waals surface area (Å²) >= 11 is 0. The molecule has 2 fully saturated rings. The number of aromatic nitrogens is 1. The van der Waals surface area contributed by atoms with Gasteiger partial charge >= 0.3 is 14.0 Å². The topological polar surface area (TPSA) is 75.8 Å². The second-order valence-electron chi connectivity index (χ2n) is 10.1. The second kappa shape index (κ2) is 6.94. The van der Waals surface area contributed by atoms with Crippen LogP contribution in [0.1, 0.15) is 73.9 Å². The normalized spacial score (nSPS) is 29.9. The molecule has 1 aromatic rings. The molecule has 2 saturated heterocycles. The highest BCUT2D eigenvalue weighted by atomic mass is 19.1. The molecule has 0 saturated carbocycles. The van der Waals surface area contributed by atoms with Crippen molar-refractivity contribution in [3.8, 4) is 0 Å². The third-order valence-electron chi connectivity index (χ3n) is 7.43. The van der Waals surface area contributed by atoms with E-state index in [-0.39, 0.29) is 11.8 Å². The van der Waals surface area contributed by atoms with E-state index in [2.05, 4.69) is 11.9 Å². The molecule has 3 heterocycles. The van der Waals surface area contributed by atoms with Crippen LogP contribution < -0.4 is 5.73 Å². The summed E-state index contributed by atoms with van der Waals surface area (Å²) in [7, 11) is -1.29. The molecule has 2 N–H and O–H groups in total. The van der Waals surface area contributed by atoms with Gasteiger partial charge in [0.2, 0.25) is 0 Å². The third kappa shape index (κ3) is 3.60. The summed E-state index contributed by atoms with van der Waals surface area (Å²) in [6.45, 7) is 18.1. The first kappa shape index (κ1) is 22.5. The number of nitrogens with zero attached hydrogens (tertiary/aromatic N) is 1. The Morgan fingerprint density at radius 1 is 0.897 bits per heavy atom. The Balaban J connectivity index is 1.85. The summed E-state index contributed by atoms with van der Waals surface area (Å²) in [6.07, 6.45) is 1.20. The first-order chi connectivity index (χ1) is 13.1. The monoisotopic (exact) mass is 406 g/mol. The van der Waals surface area contributed by atoms with Crippen molar-refractivity contribution in [3.63, 3.8) is 0 Å². The molecule has 1 aromatic heterocycles. The third-order valence-corrected chi connectivity index (χ3v) is 7.43. The Kier molecular flexibility index (Phi) is 5.39. The van der Waals surface area contributed by atoms with Gasteiger partial charge in [-0.15, -0.1) is 0 Å². The molecule has 6 nitrogen and oxygen atoms in total. The molecule has 0 bridgehead atoms. The number of nitrogens with two attached hydrogens (primary N) is 1. The fourth-order valence-corrected chi connectivity index (χ4v) is 4.14. The first-order valence-corrected chi connectivity index (χ1v) is 10.2. The van der Waals surface area contributed by atoms with Crippen LogP contribution in [0.3, 0.4) is 0 Å². The van der Waals surface area contributed by atoms with E-state index in [9.17, 15) is 4.39 Å². The molecule has 2 aliphatic heterocycles. The molecular weight excluding hydrogens is 373 g/mol. The minimum atomic E-state index is -0.677. The van der Waals surface area contributed by atoms with Crippen molar-refractivity contribution < 1.29 is 23.0 Å². The molecule has 3 rings (SSSR count).